The Morgan fingerprint density at radius 2 is 0.979 bits per heavy atom. The molecule has 3 aliphatic heterocycles. The van der Waals surface area contributed by atoms with Crippen molar-refractivity contribution in [3.05, 3.63) is 144 Å². The van der Waals surface area contributed by atoms with Crippen LogP contribution in [0.5, 0.6) is 0 Å². The number of amides is 1. The van der Waals surface area contributed by atoms with Gasteiger partial charge in [0.15, 0.2) is 22.8 Å². The van der Waals surface area contributed by atoms with E-state index in [9.17, 15) is 4.79 Å². The van der Waals surface area contributed by atoms with Crippen molar-refractivity contribution in [2.75, 3.05) is 0 Å². The van der Waals surface area contributed by atoms with Gasteiger partial charge in [0.2, 0.25) is 5.91 Å². The van der Waals surface area contributed by atoms with Crippen LogP contribution in [0.2, 0.25) is 0 Å². The van der Waals surface area contributed by atoms with Crippen LogP contribution >= 0.6 is 7.60 Å². The Kier molecular flexibility index (Phi) is 7.95. The van der Waals surface area contributed by atoms with E-state index >= 15 is 4.57 Å². The number of hydrogen-bond donors (Lipinski definition) is 2. The number of piperazine rings is 1. The SMILES string of the molecule is CC1(C)O[C@@H]2[C@@H](O1)C(c1ccccc1)(c1ccccc1)OP(=O)(C1N[C@@H]3CCCC[C@H]3NC1=O)OC2(c1ccccc1)c1ccccc1. The van der Waals surface area contributed by atoms with Crippen molar-refractivity contribution in [1.82, 2.24) is 10.6 Å². The Balaban J connectivity index is 1.45. The van der Waals surface area contributed by atoms with Gasteiger partial charge in [-0.15, -0.1) is 0 Å². The van der Waals surface area contributed by atoms with E-state index in [2.05, 4.69) is 10.6 Å². The zero-order valence-corrected chi connectivity index (χ0v) is 28.1. The molecule has 9 heteroatoms. The van der Waals surface area contributed by atoms with E-state index in [0.717, 1.165) is 25.7 Å². The van der Waals surface area contributed by atoms with Crippen LogP contribution in [-0.4, -0.2) is 41.8 Å². The summed E-state index contributed by atoms with van der Waals surface area (Å²) in [5.74, 6) is -2.77. The fourth-order valence-corrected chi connectivity index (χ4v) is 10.6. The summed E-state index contributed by atoms with van der Waals surface area (Å²) in [4.78, 5) is 14.2. The van der Waals surface area contributed by atoms with Gasteiger partial charge < -0.3 is 14.8 Å². The fourth-order valence-electron chi connectivity index (χ4n) is 8.21. The highest BCUT2D eigenvalue weighted by Gasteiger charge is 2.70. The summed E-state index contributed by atoms with van der Waals surface area (Å²) >= 11 is 0. The maximum Gasteiger partial charge on any atom is 0.359 e. The summed E-state index contributed by atoms with van der Waals surface area (Å²) < 4.78 is 44.8. The van der Waals surface area contributed by atoms with Gasteiger partial charge in [-0.25, -0.2) is 0 Å². The molecule has 4 aliphatic rings. The second-order valence-corrected chi connectivity index (χ2v) is 15.7. The van der Waals surface area contributed by atoms with E-state index in [-0.39, 0.29) is 12.1 Å². The van der Waals surface area contributed by atoms with E-state index in [4.69, 9.17) is 18.5 Å². The number of nitrogens with one attached hydrogen (secondary N) is 2. The van der Waals surface area contributed by atoms with Crippen molar-refractivity contribution in [1.29, 1.82) is 0 Å². The van der Waals surface area contributed by atoms with Crippen molar-refractivity contribution in [2.45, 2.75) is 86.6 Å². The average molecular weight is 665 g/mol. The summed E-state index contributed by atoms with van der Waals surface area (Å²) in [6.07, 6.45) is 1.98. The lowest BCUT2D eigenvalue weighted by Crippen LogP contribution is -2.65. The highest BCUT2D eigenvalue weighted by Crippen LogP contribution is 2.70. The summed E-state index contributed by atoms with van der Waals surface area (Å²) in [6, 6.07) is 38.6. The van der Waals surface area contributed by atoms with Crippen LogP contribution in [0.1, 0.15) is 61.8 Å². The molecule has 8 rings (SSSR count). The first kappa shape index (κ1) is 31.6. The standard InChI is InChI=1S/C39H41N2O6P/c1-37(2)44-33-34(45-37)39(29-21-11-5-12-22-29,30-23-13-6-14-24-30)47-48(43,36-35(42)40-31-25-15-16-26-32(31)41-36)46-38(33,27-17-7-3-8-18-27)28-19-9-4-10-20-28/h3-14,17-24,31-34,36,41H,15-16,25-26H2,1-2H3,(H,40,42)/t31-,32-,33-,34-,36?/m1/s1. The highest BCUT2D eigenvalue weighted by molar-refractivity contribution is 7.55. The second kappa shape index (κ2) is 12.1. The number of benzene rings is 4. The molecular weight excluding hydrogens is 623 g/mol. The van der Waals surface area contributed by atoms with E-state index < -0.39 is 48.5 Å². The molecule has 5 atom stereocenters. The Morgan fingerprint density at radius 1 is 0.604 bits per heavy atom. The van der Waals surface area contributed by atoms with Crippen LogP contribution in [0, 0.1) is 0 Å². The fraction of sp³-hybridized carbons (Fsp3) is 0.359. The third kappa shape index (κ3) is 5.09. The molecule has 0 bridgehead atoms. The molecule has 4 aromatic rings. The van der Waals surface area contributed by atoms with Crippen LogP contribution in [-0.2, 0) is 39.1 Å². The molecular formula is C39H41N2O6P. The van der Waals surface area contributed by atoms with Gasteiger partial charge in [0.1, 0.15) is 12.2 Å². The third-order valence-corrected chi connectivity index (χ3v) is 12.4. The normalized spacial score (nSPS) is 29.9. The van der Waals surface area contributed by atoms with Crippen molar-refractivity contribution in [2.24, 2.45) is 0 Å². The molecule has 0 spiro atoms. The molecule has 0 radical (unpaired) electrons. The lowest BCUT2D eigenvalue weighted by Gasteiger charge is -2.45. The van der Waals surface area contributed by atoms with Crippen LogP contribution in [0.25, 0.3) is 0 Å². The topological polar surface area (TPSA) is 95.1 Å². The molecule has 2 N–H and O–H groups in total. The first-order chi connectivity index (χ1) is 23.3. The first-order valence-electron chi connectivity index (χ1n) is 16.9. The third-order valence-electron chi connectivity index (χ3n) is 10.3. The van der Waals surface area contributed by atoms with Gasteiger partial charge in [0.25, 0.3) is 0 Å². The molecule has 4 aromatic carbocycles. The van der Waals surface area contributed by atoms with Crippen molar-refractivity contribution < 1.29 is 27.9 Å². The Morgan fingerprint density at radius 3 is 1.38 bits per heavy atom. The second-order valence-electron chi connectivity index (χ2n) is 13.7. The maximum absolute atomic E-state index is 16.3. The van der Waals surface area contributed by atoms with Crippen LogP contribution in [0.15, 0.2) is 121 Å². The highest BCUT2D eigenvalue weighted by atomic mass is 31.2. The average Bonchev–Trinajstić information content (AvgIpc) is 3.42. The Hall–Kier alpha value is -3.62. The minimum atomic E-state index is -4.54. The molecule has 1 amide bonds. The van der Waals surface area contributed by atoms with Crippen molar-refractivity contribution in [3.63, 3.8) is 0 Å². The number of rotatable bonds is 5. The lowest BCUT2D eigenvalue weighted by atomic mass is 9.72. The summed E-state index contributed by atoms with van der Waals surface area (Å²) in [5, 5.41) is 6.69. The molecule has 3 saturated heterocycles. The number of carbonyl (C=O) groups is 1. The summed E-state index contributed by atoms with van der Waals surface area (Å²) in [7, 11) is -4.54. The van der Waals surface area contributed by atoms with Crippen molar-refractivity contribution in [3.8, 4) is 0 Å². The molecule has 48 heavy (non-hydrogen) atoms. The van der Waals surface area contributed by atoms with E-state index in [0.29, 0.717) is 22.3 Å². The van der Waals surface area contributed by atoms with Crippen molar-refractivity contribution >= 4 is 13.5 Å². The van der Waals surface area contributed by atoms with Gasteiger partial charge in [-0.3, -0.25) is 23.7 Å². The minimum Gasteiger partial charge on any atom is -0.350 e. The van der Waals surface area contributed by atoms with Crippen LogP contribution < -0.4 is 10.6 Å². The van der Waals surface area contributed by atoms with Gasteiger partial charge in [-0.2, -0.15) is 0 Å². The molecule has 4 fully saturated rings. The predicted octanol–water partition coefficient (Wildman–Crippen LogP) is 6.99. The maximum atomic E-state index is 16.3. The van der Waals surface area contributed by atoms with Gasteiger partial charge >= 0.3 is 7.60 Å². The quantitative estimate of drug-likeness (QED) is 0.222. The van der Waals surface area contributed by atoms with Gasteiger partial charge in [0.05, 0.1) is 0 Å². The van der Waals surface area contributed by atoms with Gasteiger partial charge in [0, 0.05) is 12.1 Å². The molecule has 1 saturated carbocycles. The first-order valence-corrected chi connectivity index (χ1v) is 18.5. The van der Waals surface area contributed by atoms with Gasteiger partial charge in [-0.1, -0.05) is 134 Å². The molecule has 3 heterocycles. The zero-order chi connectivity index (χ0) is 33.0. The smallest absolute Gasteiger partial charge is 0.350 e. The summed E-state index contributed by atoms with van der Waals surface area (Å²) in [6.45, 7) is 3.75. The van der Waals surface area contributed by atoms with E-state index in [1.807, 2.05) is 135 Å². The Labute approximate surface area is 281 Å². The molecule has 248 valence electrons. The van der Waals surface area contributed by atoms with Gasteiger partial charge in [-0.05, 0) is 48.9 Å². The minimum absolute atomic E-state index is 0.0473. The molecule has 1 unspecified atom stereocenters. The zero-order valence-electron chi connectivity index (χ0n) is 27.2. The number of hydrogen-bond acceptors (Lipinski definition) is 7. The number of carbonyl (C=O) groups excluding carboxylic acids is 1. The lowest BCUT2D eigenvalue weighted by molar-refractivity contribution is -0.176. The predicted molar refractivity (Wildman–Crippen MR) is 182 cm³/mol. The number of fused-ring (bicyclic) bond motifs is 2. The largest absolute Gasteiger partial charge is 0.359 e. The van der Waals surface area contributed by atoms with E-state index in [1.165, 1.54) is 0 Å². The monoisotopic (exact) mass is 664 g/mol. The number of ether oxygens (including phenoxy) is 2. The molecule has 0 aromatic heterocycles. The summed E-state index contributed by atoms with van der Waals surface area (Å²) in [5.41, 5.74) is -0.208. The Bertz CT molecular complexity index is 1620. The van der Waals surface area contributed by atoms with E-state index in [1.54, 1.807) is 0 Å². The van der Waals surface area contributed by atoms with Crippen LogP contribution in [0.4, 0.5) is 0 Å². The molecule has 1 aliphatic carbocycles. The van der Waals surface area contributed by atoms with Crippen LogP contribution in [0.3, 0.4) is 0 Å². The molecule has 8 nitrogen and oxygen atoms in total.